The van der Waals surface area contributed by atoms with E-state index in [1.54, 1.807) is 0 Å². The van der Waals surface area contributed by atoms with Crippen molar-refractivity contribution in [3.8, 4) is 0 Å². The lowest BCUT2D eigenvalue weighted by atomic mass is 9.98. The van der Waals surface area contributed by atoms with Crippen molar-refractivity contribution in [3.05, 3.63) is 0 Å². The Bertz CT molecular complexity index is 1130. The lowest BCUT2D eigenvalue weighted by Crippen LogP contribution is -2.61. The number of esters is 2. The van der Waals surface area contributed by atoms with E-state index in [0.29, 0.717) is 12.8 Å². The standard InChI is InChI=1S/C49H92O15/c1-3-5-7-9-11-13-15-16-17-18-19-20-22-23-25-27-29-31-40(51)59-34-37(62-41(52)32-30-28-26-24-21-14-12-10-8-6-4-2)35-60-48-47(58)45(56)43(54)39(64-48)36-61-49-46(57)44(55)42(53)38(33-50)63-49/h37-39,42-50,53-58H,3-36H2,1-2H3/t37-,38+,39+,42-,43-,44?,45?,46?,47?,48+,49+/m0/s1. The van der Waals surface area contributed by atoms with Gasteiger partial charge in [-0.25, -0.2) is 0 Å². The van der Waals surface area contributed by atoms with Gasteiger partial charge in [-0.3, -0.25) is 9.59 Å². The van der Waals surface area contributed by atoms with Crippen LogP contribution in [0.5, 0.6) is 0 Å². The number of carbonyl (C=O) groups excluding carboxylic acids is 2. The number of carbonyl (C=O) groups is 2. The lowest BCUT2D eigenvalue weighted by Gasteiger charge is -2.42. The van der Waals surface area contributed by atoms with Gasteiger partial charge in [0, 0.05) is 12.8 Å². The van der Waals surface area contributed by atoms with Crippen molar-refractivity contribution in [1.29, 1.82) is 0 Å². The Morgan fingerprint density at radius 3 is 1.22 bits per heavy atom. The molecule has 11 atom stereocenters. The van der Waals surface area contributed by atoms with Gasteiger partial charge in [-0.2, -0.15) is 0 Å². The minimum absolute atomic E-state index is 0.172. The Hall–Kier alpha value is -1.50. The first-order valence-electron chi connectivity index (χ1n) is 25.6. The second kappa shape index (κ2) is 37.5. The fourth-order valence-corrected chi connectivity index (χ4v) is 8.34. The second-order valence-electron chi connectivity index (χ2n) is 18.4. The van der Waals surface area contributed by atoms with E-state index in [0.717, 1.165) is 38.5 Å². The Morgan fingerprint density at radius 2 is 0.797 bits per heavy atom. The van der Waals surface area contributed by atoms with E-state index < -0.39 is 92.7 Å². The summed E-state index contributed by atoms with van der Waals surface area (Å²) in [4.78, 5) is 25.7. The highest BCUT2D eigenvalue weighted by Gasteiger charge is 2.47. The topological polar surface area (TPSA) is 231 Å². The van der Waals surface area contributed by atoms with E-state index in [1.807, 2.05) is 0 Å². The third-order valence-corrected chi connectivity index (χ3v) is 12.6. The third-order valence-electron chi connectivity index (χ3n) is 12.6. The van der Waals surface area contributed by atoms with E-state index in [2.05, 4.69) is 13.8 Å². The predicted octanol–water partition coefficient (Wildman–Crippen LogP) is 6.82. The third kappa shape index (κ3) is 25.6. The molecule has 15 heteroatoms. The van der Waals surface area contributed by atoms with Gasteiger partial charge in [0.2, 0.25) is 0 Å². The predicted molar refractivity (Wildman–Crippen MR) is 243 cm³/mol. The maximum absolute atomic E-state index is 12.9. The fraction of sp³-hybridized carbons (Fsp3) is 0.959. The SMILES string of the molecule is CCCCCCCCCCCCCCCCCCCC(=O)OC[C@@H](CO[C@@H]1O[C@H](CO[C@@H]2O[C@H](CO)[C@H](O)C(O)C2O)[C@H](O)C(O)C1O)OC(=O)CCCCCCCCCCCCC. The molecule has 4 unspecified atom stereocenters. The molecule has 2 fully saturated rings. The highest BCUT2D eigenvalue weighted by Crippen LogP contribution is 2.26. The van der Waals surface area contributed by atoms with Crippen LogP contribution in [0, 0.1) is 0 Å². The molecule has 0 aromatic rings. The number of hydrogen-bond acceptors (Lipinski definition) is 15. The van der Waals surface area contributed by atoms with Gasteiger partial charge in [-0.1, -0.05) is 181 Å². The molecular formula is C49H92O15. The van der Waals surface area contributed by atoms with E-state index in [9.17, 15) is 45.3 Å². The van der Waals surface area contributed by atoms with Crippen LogP contribution < -0.4 is 0 Å². The molecule has 7 N–H and O–H groups in total. The van der Waals surface area contributed by atoms with Gasteiger partial charge in [-0.15, -0.1) is 0 Å². The fourth-order valence-electron chi connectivity index (χ4n) is 8.34. The van der Waals surface area contributed by atoms with Crippen molar-refractivity contribution in [3.63, 3.8) is 0 Å². The molecule has 0 aromatic carbocycles. The van der Waals surface area contributed by atoms with E-state index in [-0.39, 0.29) is 26.1 Å². The van der Waals surface area contributed by atoms with Gasteiger partial charge in [0.15, 0.2) is 18.7 Å². The molecule has 0 spiro atoms. The van der Waals surface area contributed by atoms with Gasteiger partial charge < -0.3 is 64.2 Å². The van der Waals surface area contributed by atoms with Crippen LogP contribution in [-0.4, -0.2) is 142 Å². The van der Waals surface area contributed by atoms with Gasteiger partial charge in [0.05, 0.1) is 19.8 Å². The van der Waals surface area contributed by atoms with Crippen LogP contribution >= 0.6 is 0 Å². The molecule has 0 saturated carbocycles. The normalized spacial score (nSPS) is 26.5. The van der Waals surface area contributed by atoms with Crippen molar-refractivity contribution in [2.75, 3.05) is 26.4 Å². The summed E-state index contributed by atoms with van der Waals surface area (Å²) in [5, 5.41) is 72.0. The second-order valence-corrected chi connectivity index (χ2v) is 18.4. The summed E-state index contributed by atoms with van der Waals surface area (Å²) in [6.45, 7) is 2.61. The van der Waals surface area contributed by atoms with Crippen molar-refractivity contribution >= 4 is 11.9 Å². The molecule has 2 heterocycles. The van der Waals surface area contributed by atoms with Crippen LogP contribution in [0.25, 0.3) is 0 Å². The zero-order valence-electron chi connectivity index (χ0n) is 39.8. The summed E-state index contributed by atoms with van der Waals surface area (Å²) < 4.78 is 33.5. The first-order valence-corrected chi connectivity index (χ1v) is 25.6. The van der Waals surface area contributed by atoms with Crippen LogP contribution in [-0.2, 0) is 38.0 Å². The van der Waals surface area contributed by atoms with Crippen molar-refractivity contribution in [1.82, 2.24) is 0 Å². The largest absolute Gasteiger partial charge is 0.462 e. The summed E-state index contributed by atoms with van der Waals surface area (Å²) in [6.07, 6.45) is 17.1. The molecule has 2 rings (SSSR count). The minimum Gasteiger partial charge on any atom is -0.462 e. The highest BCUT2D eigenvalue weighted by molar-refractivity contribution is 5.70. The molecule has 378 valence electrons. The Labute approximate surface area is 385 Å². The molecular weight excluding hydrogens is 829 g/mol. The van der Waals surface area contributed by atoms with Crippen molar-refractivity contribution in [2.45, 2.75) is 274 Å². The number of hydrogen-bond donors (Lipinski definition) is 7. The first kappa shape index (κ1) is 58.6. The number of aliphatic hydroxyl groups excluding tert-OH is 7. The summed E-state index contributed by atoms with van der Waals surface area (Å²) in [5.41, 5.74) is 0. The van der Waals surface area contributed by atoms with Crippen LogP contribution in [0.3, 0.4) is 0 Å². The average molecular weight is 921 g/mol. The molecule has 2 saturated heterocycles. The van der Waals surface area contributed by atoms with Crippen LogP contribution in [0.4, 0.5) is 0 Å². The van der Waals surface area contributed by atoms with Crippen molar-refractivity contribution < 1.29 is 73.8 Å². The zero-order valence-corrected chi connectivity index (χ0v) is 39.8. The van der Waals surface area contributed by atoms with E-state index in [4.69, 9.17) is 28.4 Å². The first-order chi connectivity index (χ1) is 31.0. The maximum atomic E-state index is 12.9. The molecule has 0 aromatic heterocycles. The van der Waals surface area contributed by atoms with Crippen molar-refractivity contribution in [2.24, 2.45) is 0 Å². The lowest BCUT2D eigenvalue weighted by molar-refractivity contribution is -0.332. The van der Waals surface area contributed by atoms with E-state index >= 15 is 0 Å². The summed E-state index contributed by atoms with van der Waals surface area (Å²) in [5.74, 6) is -0.912. The molecule has 15 nitrogen and oxygen atoms in total. The Balaban J connectivity index is 1.79. The van der Waals surface area contributed by atoms with Crippen LogP contribution in [0.15, 0.2) is 0 Å². The summed E-state index contributed by atoms with van der Waals surface area (Å²) in [7, 11) is 0. The zero-order chi connectivity index (χ0) is 46.8. The molecule has 0 aliphatic carbocycles. The smallest absolute Gasteiger partial charge is 0.306 e. The van der Waals surface area contributed by atoms with Gasteiger partial charge in [0.25, 0.3) is 0 Å². The van der Waals surface area contributed by atoms with Gasteiger partial charge in [-0.05, 0) is 12.8 Å². The molecule has 2 aliphatic heterocycles. The number of ether oxygens (including phenoxy) is 6. The van der Waals surface area contributed by atoms with Crippen LogP contribution in [0.2, 0.25) is 0 Å². The quantitative estimate of drug-likeness (QED) is 0.0247. The molecule has 0 bridgehead atoms. The molecule has 2 aliphatic rings. The highest BCUT2D eigenvalue weighted by atomic mass is 16.7. The molecule has 0 radical (unpaired) electrons. The monoisotopic (exact) mass is 921 g/mol. The van der Waals surface area contributed by atoms with Gasteiger partial charge >= 0.3 is 11.9 Å². The number of rotatable bonds is 40. The van der Waals surface area contributed by atoms with E-state index in [1.165, 1.54) is 128 Å². The van der Waals surface area contributed by atoms with Crippen LogP contribution in [0.1, 0.15) is 206 Å². The number of unbranched alkanes of at least 4 members (excludes halogenated alkanes) is 26. The maximum Gasteiger partial charge on any atom is 0.306 e. The average Bonchev–Trinajstić information content (AvgIpc) is 3.29. The summed E-state index contributed by atoms with van der Waals surface area (Å²) >= 11 is 0. The Kier molecular flexibility index (Phi) is 34.3. The summed E-state index contributed by atoms with van der Waals surface area (Å²) in [6, 6.07) is 0. The number of aliphatic hydroxyl groups is 7. The Morgan fingerprint density at radius 1 is 0.438 bits per heavy atom. The molecule has 0 amide bonds. The molecule has 64 heavy (non-hydrogen) atoms. The van der Waals surface area contributed by atoms with Gasteiger partial charge in [0.1, 0.15) is 55.4 Å². The minimum atomic E-state index is -1.76.